The average Bonchev–Trinajstić information content (AvgIpc) is 3.20. The molecule has 0 aliphatic carbocycles. The Labute approximate surface area is 132 Å². The molecule has 108 valence electrons. The molecular formula is C16H16N2OS2. The van der Waals surface area contributed by atoms with Crippen LogP contribution in [0.2, 0.25) is 0 Å². The number of anilines is 1. The van der Waals surface area contributed by atoms with E-state index in [4.69, 9.17) is 4.74 Å². The fraction of sp³-hybridized carbons (Fsp3) is 0.188. The van der Waals surface area contributed by atoms with Gasteiger partial charge in [0.05, 0.1) is 18.3 Å². The fourth-order valence-corrected chi connectivity index (χ4v) is 3.76. The van der Waals surface area contributed by atoms with Crippen molar-refractivity contribution in [2.45, 2.75) is 13.0 Å². The van der Waals surface area contributed by atoms with Gasteiger partial charge in [-0.15, -0.1) is 22.7 Å². The number of rotatable bonds is 6. The Hall–Kier alpha value is -1.85. The number of thiophene rings is 2. The van der Waals surface area contributed by atoms with E-state index in [0.717, 1.165) is 5.69 Å². The van der Waals surface area contributed by atoms with Crippen LogP contribution in [0, 0.1) is 0 Å². The van der Waals surface area contributed by atoms with Crippen LogP contribution in [-0.4, -0.2) is 11.6 Å². The first-order valence-electron chi connectivity index (χ1n) is 6.79. The van der Waals surface area contributed by atoms with Crippen LogP contribution in [-0.2, 0) is 0 Å². The minimum atomic E-state index is 0.133. The third-order valence-corrected chi connectivity index (χ3v) is 4.88. The molecule has 0 amide bonds. The topological polar surface area (TPSA) is 34.1 Å². The van der Waals surface area contributed by atoms with Crippen molar-refractivity contribution in [1.29, 1.82) is 0 Å². The zero-order chi connectivity index (χ0) is 14.5. The first-order chi connectivity index (χ1) is 10.4. The molecule has 3 heterocycles. The Morgan fingerprint density at radius 2 is 1.81 bits per heavy atom. The van der Waals surface area contributed by atoms with E-state index in [0.29, 0.717) is 12.5 Å². The molecule has 0 fully saturated rings. The van der Waals surface area contributed by atoms with Crippen LogP contribution in [0.4, 0.5) is 5.69 Å². The molecular weight excluding hydrogens is 300 g/mol. The maximum atomic E-state index is 5.61. The van der Waals surface area contributed by atoms with E-state index < -0.39 is 0 Å². The van der Waals surface area contributed by atoms with Crippen LogP contribution >= 0.6 is 22.7 Å². The van der Waals surface area contributed by atoms with Crippen LogP contribution in [0.15, 0.2) is 53.4 Å². The van der Waals surface area contributed by atoms with Gasteiger partial charge in [-0.05, 0) is 41.9 Å². The fourth-order valence-electron chi connectivity index (χ4n) is 2.10. The van der Waals surface area contributed by atoms with Gasteiger partial charge in [-0.3, -0.25) is 0 Å². The van der Waals surface area contributed by atoms with Crippen LogP contribution in [0.3, 0.4) is 0 Å². The van der Waals surface area contributed by atoms with Gasteiger partial charge in [0.25, 0.3) is 0 Å². The van der Waals surface area contributed by atoms with Gasteiger partial charge in [0.2, 0.25) is 5.88 Å². The second-order valence-corrected chi connectivity index (χ2v) is 6.36. The summed E-state index contributed by atoms with van der Waals surface area (Å²) in [6.07, 6.45) is 1.75. The lowest BCUT2D eigenvalue weighted by Crippen LogP contribution is -2.11. The Morgan fingerprint density at radius 3 is 2.38 bits per heavy atom. The van der Waals surface area contributed by atoms with E-state index in [9.17, 15) is 0 Å². The molecule has 0 spiro atoms. The Bertz CT molecular complexity index is 631. The van der Waals surface area contributed by atoms with Crippen molar-refractivity contribution in [3.8, 4) is 5.88 Å². The minimum absolute atomic E-state index is 0.133. The first kappa shape index (κ1) is 14.1. The summed E-state index contributed by atoms with van der Waals surface area (Å²) in [5, 5.41) is 7.77. The molecule has 1 N–H and O–H groups in total. The highest BCUT2D eigenvalue weighted by atomic mass is 32.1. The number of pyridine rings is 1. The molecule has 3 rings (SSSR count). The Morgan fingerprint density at radius 1 is 1.10 bits per heavy atom. The molecule has 0 unspecified atom stereocenters. The quantitative estimate of drug-likeness (QED) is 0.709. The standard InChI is InChI=1S/C16H16N2OS2/c1-2-19-16-12(6-3-9-17-16)18-15(13-7-4-10-20-13)14-8-5-11-21-14/h3-11,15,18H,2H2,1H3. The SMILES string of the molecule is CCOc1ncccc1NC(c1cccs1)c1cccs1. The van der Waals surface area contributed by atoms with Gasteiger partial charge < -0.3 is 10.1 Å². The number of hydrogen-bond donors (Lipinski definition) is 1. The highest BCUT2D eigenvalue weighted by Crippen LogP contribution is 2.34. The summed E-state index contributed by atoms with van der Waals surface area (Å²) >= 11 is 3.50. The molecule has 3 aromatic rings. The second-order valence-electron chi connectivity index (χ2n) is 4.40. The average molecular weight is 316 g/mol. The van der Waals surface area contributed by atoms with Gasteiger partial charge in [0.1, 0.15) is 0 Å². The van der Waals surface area contributed by atoms with Crippen molar-refractivity contribution in [3.63, 3.8) is 0 Å². The third kappa shape index (κ3) is 3.25. The highest BCUT2D eigenvalue weighted by Gasteiger charge is 2.18. The number of ether oxygens (including phenoxy) is 1. The highest BCUT2D eigenvalue weighted by molar-refractivity contribution is 7.11. The number of aromatic nitrogens is 1. The largest absolute Gasteiger partial charge is 0.476 e. The second kappa shape index (κ2) is 6.74. The lowest BCUT2D eigenvalue weighted by molar-refractivity contribution is 0.328. The Kier molecular flexibility index (Phi) is 4.52. The summed E-state index contributed by atoms with van der Waals surface area (Å²) in [6, 6.07) is 12.5. The summed E-state index contributed by atoms with van der Waals surface area (Å²) < 4.78 is 5.61. The van der Waals surface area contributed by atoms with Crippen LogP contribution in [0.25, 0.3) is 0 Å². The first-order valence-corrected chi connectivity index (χ1v) is 8.55. The summed E-state index contributed by atoms with van der Waals surface area (Å²) in [5.74, 6) is 0.651. The van der Waals surface area contributed by atoms with Crippen molar-refractivity contribution in [2.75, 3.05) is 11.9 Å². The lowest BCUT2D eigenvalue weighted by atomic mass is 10.2. The zero-order valence-electron chi connectivity index (χ0n) is 11.7. The maximum Gasteiger partial charge on any atom is 0.237 e. The van der Waals surface area contributed by atoms with Gasteiger partial charge in [0, 0.05) is 16.0 Å². The normalized spacial score (nSPS) is 10.8. The van der Waals surface area contributed by atoms with Crippen molar-refractivity contribution in [1.82, 2.24) is 4.98 Å². The van der Waals surface area contributed by atoms with Gasteiger partial charge >= 0.3 is 0 Å². The number of nitrogens with one attached hydrogen (secondary N) is 1. The van der Waals surface area contributed by atoms with E-state index >= 15 is 0 Å². The summed E-state index contributed by atoms with van der Waals surface area (Å²) in [7, 11) is 0. The summed E-state index contributed by atoms with van der Waals surface area (Å²) in [4.78, 5) is 6.87. The molecule has 3 nitrogen and oxygen atoms in total. The Balaban J connectivity index is 1.92. The molecule has 3 aromatic heterocycles. The number of hydrogen-bond acceptors (Lipinski definition) is 5. The van der Waals surface area contributed by atoms with Gasteiger partial charge in [-0.25, -0.2) is 4.98 Å². The molecule has 0 bridgehead atoms. The monoisotopic (exact) mass is 316 g/mol. The molecule has 0 aliphatic heterocycles. The zero-order valence-corrected chi connectivity index (χ0v) is 13.3. The van der Waals surface area contributed by atoms with Gasteiger partial charge in [-0.2, -0.15) is 0 Å². The summed E-state index contributed by atoms with van der Waals surface area (Å²) in [6.45, 7) is 2.57. The van der Waals surface area contributed by atoms with Gasteiger partial charge in [0.15, 0.2) is 0 Å². The van der Waals surface area contributed by atoms with E-state index in [-0.39, 0.29) is 6.04 Å². The van der Waals surface area contributed by atoms with Crippen LogP contribution in [0.1, 0.15) is 22.7 Å². The molecule has 0 saturated heterocycles. The van der Waals surface area contributed by atoms with E-state index in [1.807, 2.05) is 19.1 Å². The van der Waals surface area contributed by atoms with E-state index in [2.05, 4.69) is 45.3 Å². The van der Waals surface area contributed by atoms with Gasteiger partial charge in [-0.1, -0.05) is 12.1 Å². The van der Waals surface area contributed by atoms with Crippen molar-refractivity contribution >= 4 is 28.4 Å². The van der Waals surface area contributed by atoms with Crippen LogP contribution < -0.4 is 10.1 Å². The molecule has 21 heavy (non-hydrogen) atoms. The maximum absolute atomic E-state index is 5.61. The molecule has 0 atom stereocenters. The predicted octanol–water partition coefficient (Wildman–Crippen LogP) is 4.80. The molecule has 5 heteroatoms. The van der Waals surface area contributed by atoms with Crippen LogP contribution in [0.5, 0.6) is 5.88 Å². The van der Waals surface area contributed by atoms with E-state index in [1.54, 1.807) is 28.9 Å². The van der Waals surface area contributed by atoms with E-state index in [1.165, 1.54) is 9.75 Å². The summed E-state index contributed by atoms with van der Waals surface area (Å²) in [5.41, 5.74) is 0.922. The lowest BCUT2D eigenvalue weighted by Gasteiger charge is -2.19. The minimum Gasteiger partial charge on any atom is -0.476 e. The van der Waals surface area contributed by atoms with Crippen molar-refractivity contribution < 1.29 is 4.74 Å². The molecule has 0 saturated carbocycles. The van der Waals surface area contributed by atoms with Crippen molar-refractivity contribution in [3.05, 3.63) is 63.1 Å². The predicted molar refractivity (Wildman–Crippen MR) is 89.5 cm³/mol. The number of nitrogens with zero attached hydrogens (tertiary/aromatic N) is 1. The molecule has 0 aliphatic rings. The third-order valence-electron chi connectivity index (χ3n) is 3.01. The molecule has 0 radical (unpaired) electrons. The smallest absolute Gasteiger partial charge is 0.237 e. The molecule has 0 aromatic carbocycles. The van der Waals surface area contributed by atoms with Crippen molar-refractivity contribution in [2.24, 2.45) is 0 Å².